The topological polar surface area (TPSA) is 73.4 Å². The number of aromatic nitrogens is 2. The number of nitrogen functional groups attached to an aromatic ring is 1. The van der Waals surface area contributed by atoms with Gasteiger partial charge in [0.05, 0.1) is 17.8 Å². The molecule has 2 rings (SSSR count). The zero-order valence-electron chi connectivity index (χ0n) is 10.6. The number of rotatable bonds is 1. The monoisotopic (exact) mass is 238 g/mol. The van der Waals surface area contributed by atoms with Crippen molar-refractivity contribution >= 4 is 11.9 Å². The number of hydrogen-bond donors (Lipinski definition) is 1. The van der Waals surface area contributed by atoms with Gasteiger partial charge in [-0.15, -0.1) is 5.10 Å². The van der Waals surface area contributed by atoms with Crippen LogP contribution in [0.15, 0.2) is 0 Å². The van der Waals surface area contributed by atoms with Crippen molar-refractivity contribution in [1.29, 1.82) is 0 Å². The Kier molecular flexibility index (Phi) is 2.61. The van der Waals surface area contributed by atoms with Gasteiger partial charge in [0, 0.05) is 12.1 Å². The molecule has 0 radical (unpaired) electrons. The molecule has 0 saturated carbocycles. The maximum Gasteiger partial charge on any atom is 0.435 e. The summed E-state index contributed by atoms with van der Waals surface area (Å²) in [5, 5.41) is 4.07. The third kappa shape index (κ3) is 1.59. The van der Waals surface area contributed by atoms with Gasteiger partial charge in [-0.25, -0.2) is 4.79 Å². The number of carbonyl (C=O) groups is 1. The highest BCUT2D eigenvalue weighted by Crippen LogP contribution is 2.39. The molecule has 1 aliphatic rings. The van der Waals surface area contributed by atoms with E-state index < -0.39 is 6.09 Å². The van der Waals surface area contributed by atoms with E-state index in [-0.39, 0.29) is 5.54 Å². The third-order valence-electron chi connectivity index (χ3n) is 3.38. The summed E-state index contributed by atoms with van der Waals surface area (Å²) in [4.78, 5) is 13.9. The number of anilines is 1. The van der Waals surface area contributed by atoms with Gasteiger partial charge in [0.15, 0.2) is 5.82 Å². The summed E-state index contributed by atoms with van der Waals surface area (Å²) in [5.41, 5.74) is 7.32. The van der Waals surface area contributed by atoms with Gasteiger partial charge >= 0.3 is 6.09 Å². The minimum Gasteiger partial charge on any atom is -0.448 e. The van der Waals surface area contributed by atoms with Crippen molar-refractivity contribution in [2.24, 2.45) is 0 Å². The minimum absolute atomic E-state index is 0.271. The van der Waals surface area contributed by atoms with Gasteiger partial charge in [-0.3, -0.25) is 4.90 Å². The van der Waals surface area contributed by atoms with Crippen LogP contribution in [0.1, 0.15) is 32.0 Å². The molecule has 6 heteroatoms. The average molecular weight is 238 g/mol. The van der Waals surface area contributed by atoms with Crippen molar-refractivity contribution in [3.05, 3.63) is 11.3 Å². The molecule has 0 unspecified atom stereocenters. The first-order valence-electron chi connectivity index (χ1n) is 5.65. The molecule has 0 bridgehead atoms. The maximum atomic E-state index is 11.8. The molecule has 94 valence electrons. The SMILES string of the molecule is CCOC(=O)n1nc(N)c2c1C(C)(C)N(C)C2. The third-order valence-corrected chi connectivity index (χ3v) is 3.38. The highest BCUT2D eigenvalue weighted by molar-refractivity contribution is 5.73. The van der Waals surface area contributed by atoms with E-state index in [1.165, 1.54) is 4.68 Å². The summed E-state index contributed by atoms with van der Waals surface area (Å²) in [6, 6.07) is 0. The lowest BCUT2D eigenvalue weighted by Crippen LogP contribution is -2.35. The molecule has 0 spiro atoms. The van der Waals surface area contributed by atoms with Gasteiger partial charge in [0.2, 0.25) is 0 Å². The van der Waals surface area contributed by atoms with Crippen molar-refractivity contribution in [3.8, 4) is 0 Å². The average Bonchev–Trinajstić information content (AvgIpc) is 2.67. The fraction of sp³-hybridized carbons (Fsp3) is 0.636. The molecule has 0 fully saturated rings. The Morgan fingerprint density at radius 1 is 1.59 bits per heavy atom. The van der Waals surface area contributed by atoms with Crippen LogP contribution in [0.3, 0.4) is 0 Å². The van der Waals surface area contributed by atoms with Gasteiger partial charge in [-0.2, -0.15) is 4.68 Å². The first-order valence-corrected chi connectivity index (χ1v) is 5.65. The molecule has 6 nitrogen and oxygen atoms in total. The Bertz CT molecular complexity index is 464. The van der Waals surface area contributed by atoms with Gasteiger partial charge in [0.25, 0.3) is 0 Å². The summed E-state index contributed by atoms with van der Waals surface area (Å²) >= 11 is 0. The minimum atomic E-state index is -0.469. The first kappa shape index (κ1) is 11.9. The normalized spacial score (nSPS) is 18.1. The molecule has 0 aliphatic carbocycles. The summed E-state index contributed by atoms with van der Waals surface area (Å²) in [5.74, 6) is 0.408. The van der Waals surface area contributed by atoms with Crippen LogP contribution < -0.4 is 5.73 Å². The second kappa shape index (κ2) is 3.73. The zero-order chi connectivity index (χ0) is 12.8. The number of ether oxygens (including phenoxy) is 1. The van der Waals surface area contributed by atoms with E-state index in [1.54, 1.807) is 6.92 Å². The van der Waals surface area contributed by atoms with Crippen LogP contribution in [0.25, 0.3) is 0 Å². The summed E-state index contributed by atoms with van der Waals surface area (Å²) in [6.07, 6.45) is -0.469. The Hall–Kier alpha value is -1.56. The second-order valence-electron chi connectivity index (χ2n) is 4.74. The Balaban J connectivity index is 2.52. The van der Waals surface area contributed by atoms with Gasteiger partial charge in [0.1, 0.15) is 0 Å². The maximum absolute atomic E-state index is 11.8. The van der Waals surface area contributed by atoms with Crippen molar-refractivity contribution in [3.63, 3.8) is 0 Å². The molecule has 0 atom stereocenters. The summed E-state index contributed by atoms with van der Waals surface area (Å²) in [7, 11) is 1.99. The van der Waals surface area contributed by atoms with Crippen LogP contribution in [0.5, 0.6) is 0 Å². The zero-order valence-corrected chi connectivity index (χ0v) is 10.6. The quantitative estimate of drug-likeness (QED) is 0.794. The highest BCUT2D eigenvalue weighted by Gasteiger charge is 2.42. The van der Waals surface area contributed by atoms with Crippen molar-refractivity contribution in [1.82, 2.24) is 14.7 Å². The number of nitrogens with two attached hydrogens (primary N) is 1. The molecule has 1 aromatic heterocycles. The summed E-state index contributed by atoms with van der Waals surface area (Å²) in [6.45, 7) is 6.87. The van der Waals surface area contributed by atoms with Crippen LogP contribution in [0.4, 0.5) is 10.6 Å². The first-order chi connectivity index (χ1) is 7.89. The lowest BCUT2D eigenvalue weighted by Gasteiger charge is -2.28. The van der Waals surface area contributed by atoms with Crippen molar-refractivity contribution in [2.75, 3.05) is 19.4 Å². The van der Waals surface area contributed by atoms with Crippen LogP contribution in [0, 0.1) is 0 Å². The van der Waals surface area contributed by atoms with E-state index in [0.717, 1.165) is 11.3 Å². The molecule has 1 aliphatic heterocycles. The van der Waals surface area contributed by atoms with E-state index in [9.17, 15) is 4.79 Å². The molecule has 2 heterocycles. The van der Waals surface area contributed by atoms with Crippen LogP contribution in [-0.2, 0) is 16.8 Å². The summed E-state index contributed by atoms with van der Waals surface area (Å²) < 4.78 is 6.27. The number of fused-ring (bicyclic) bond motifs is 1. The molecule has 1 aromatic rings. The fourth-order valence-electron chi connectivity index (χ4n) is 2.18. The van der Waals surface area contributed by atoms with Crippen LogP contribution >= 0.6 is 0 Å². The number of hydrogen-bond acceptors (Lipinski definition) is 5. The highest BCUT2D eigenvalue weighted by atomic mass is 16.6. The molecule has 17 heavy (non-hydrogen) atoms. The van der Waals surface area contributed by atoms with E-state index >= 15 is 0 Å². The Morgan fingerprint density at radius 3 is 2.82 bits per heavy atom. The molecule has 2 N–H and O–H groups in total. The predicted octanol–water partition coefficient (Wildman–Crippen LogP) is 1.15. The molecular formula is C11H18N4O2. The van der Waals surface area contributed by atoms with E-state index in [1.807, 2.05) is 20.9 Å². The predicted molar refractivity (Wildman–Crippen MR) is 63.6 cm³/mol. The lowest BCUT2D eigenvalue weighted by molar-refractivity contribution is 0.138. The number of nitrogens with zero attached hydrogens (tertiary/aromatic N) is 3. The standard InChI is InChI=1S/C11H18N4O2/c1-5-17-10(16)15-8-7(9(12)13-15)6-14(4)11(8,2)3/h5-6H2,1-4H3,(H2,12,13). The molecular weight excluding hydrogens is 220 g/mol. The van der Waals surface area contributed by atoms with Gasteiger partial charge < -0.3 is 10.5 Å². The lowest BCUT2D eigenvalue weighted by atomic mass is 10.0. The largest absolute Gasteiger partial charge is 0.448 e. The van der Waals surface area contributed by atoms with Crippen LogP contribution in [-0.4, -0.2) is 34.4 Å². The van der Waals surface area contributed by atoms with E-state index in [0.29, 0.717) is 19.0 Å². The van der Waals surface area contributed by atoms with Crippen LogP contribution in [0.2, 0.25) is 0 Å². The molecule has 0 saturated heterocycles. The van der Waals surface area contributed by atoms with Gasteiger partial charge in [-0.1, -0.05) is 0 Å². The Morgan fingerprint density at radius 2 is 2.24 bits per heavy atom. The fourth-order valence-corrected chi connectivity index (χ4v) is 2.18. The molecule has 0 amide bonds. The van der Waals surface area contributed by atoms with Gasteiger partial charge in [-0.05, 0) is 27.8 Å². The smallest absolute Gasteiger partial charge is 0.435 e. The van der Waals surface area contributed by atoms with E-state index in [2.05, 4.69) is 10.00 Å². The Labute approximate surface area is 100 Å². The van der Waals surface area contributed by atoms with Crippen molar-refractivity contribution < 1.29 is 9.53 Å². The van der Waals surface area contributed by atoms with Crippen molar-refractivity contribution in [2.45, 2.75) is 32.9 Å². The molecule has 0 aromatic carbocycles. The number of carbonyl (C=O) groups excluding carboxylic acids is 1. The second-order valence-corrected chi connectivity index (χ2v) is 4.74. The van der Waals surface area contributed by atoms with E-state index in [4.69, 9.17) is 10.5 Å².